The van der Waals surface area contributed by atoms with Crippen LogP contribution in [0.2, 0.25) is 0 Å². The van der Waals surface area contributed by atoms with Crippen molar-refractivity contribution in [3.8, 4) is 0 Å². The van der Waals surface area contributed by atoms with Gasteiger partial charge in [-0.2, -0.15) is 0 Å². The summed E-state index contributed by atoms with van der Waals surface area (Å²) < 4.78 is 0. The number of piperazine rings is 1. The van der Waals surface area contributed by atoms with Crippen LogP contribution in [0.4, 0.5) is 0 Å². The van der Waals surface area contributed by atoms with Gasteiger partial charge in [0.25, 0.3) is 0 Å². The van der Waals surface area contributed by atoms with E-state index in [0.717, 1.165) is 32.1 Å². The van der Waals surface area contributed by atoms with Crippen LogP contribution < -0.4 is 5.32 Å². The molecule has 21 heavy (non-hydrogen) atoms. The Bertz CT molecular complexity index is 353. The Morgan fingerprint density at radius 2 is 1.67 bits per heavy atom. The first-order chi connectivity index (χ1) is 9.86. The summed E-state index contributed by atoms with van der Waals surface area (Å²) in [5.41, 5.74) is 0. The summed E-state index contributed by atoms with van der Waals surface area (Å²) in [5.74, 6) is 0.956. The molecule has 0 saturated carbocycles. The second-order valence-electron chi connectivity index (χ2n) is 7.07. The Hall–Kier alpha value is -1.06. The Labute approximate surface area is 129 Å². The lowest BCUT2D eigenvalue weighted by atomic mass is 9.94. The molecule has 0 bridgehead atoms. The van der Waals surface area contributed by atoms with Gasteiger partial charge in [-0.15, -0.1) is 0 Å². The number of nitrogens with one attached hydrogen (secondary N) is 1. The summed E-state index contributed by atoms with van der Waals surface area (Å²) in [5, 5.41) is 2.94. The molecule has 0 spiro atoms. The van der Waals surface area contributed by atoms with Crippen molar-refractivity contribution < 1.29 is 9.59 Å². The standard InChI is InChI=1S/C17H32N2O2/c1-6-7-8-9-19-15(11-13(4)5)16(20)18-14(17(19)21)10-12(2)3/h12-15H,6-11H2,1-5H3,(H,18,20). The molecule has 2 atom stereocenters. The van der Waals surface area contributed by atoms with Gasteiger partial charge < -0.3 is 10.2 Å². The number of carbonyl (C=O) groups is 2. The van der Waals surface area contributed by atoms with Crippen LogP contribution in [-0.4, -0.2) is 35.3 Å². The molecule has 0 radical (unpaired) electrons. The van der Waals surface area contributed by atoms with Gasteiger partial charge in [0.15, 0.2) is 0 Å². The van der Waals surface area contributed by atoms with E-state index in [4.69, 9.17) is 0 Å². The van der Waals surface area contributed by atoms with Crippen LogP contribution in [-0.2, 0) is 9.59 Å². The summed E-state index contributed by atoms with van der Waals surface area (Å²) in [6, 6.07) is -0.611. The average molecular weight is 296 g/mol. The van der Waals surface area contributed by atoms with Crippen LogP contribution in [0.1, 0.15) is 66.7 Å². The van der Waals surface area contributed by atoms with E-state index in [2.05, 4.69) is 39.9 Å². The molecule has 2 amide bonds. The van der Waals surface area contributed by atoms with Gasteiger partial charge in [0.2, 0.25) is 11.8 Å². The van der Waals surface area contributed by atoms with E-state index >= 15 is 0 Å². The van der Waals surface area contributed by atoms with E-state index in [1.807, 2.05) is 4.90 Å². The number of amides is 2. The van der Waals surface area contributed by atoms with Crippen LogP contribution in [0.3, 0.4) is 0 Å². The van der Waals surface area contributed by atoms with Crippen molar-refractivity contribution in [1.29, 1.82) is 0 Å². The van der Waals surface area contributed by atoms with E-state index in [1.165, 1.54) is 0 Å². The highest BCUT2D eigenvalue weighted by molar-refractivity contribution is 5.96. The van der Waals surface area contributed by atoms with Crippen LogP contribution >= 0.6 is 0 Å². The number of hydrogen-bond acceptors (Lipinski definition) is 2. The molecule has 1 rings (SSSR count). The monoisotopic (exact) mass is 296 g/mol. The van der Waals surface area contributed by atoms with E-state index in [0.29, 0.717) is 18.4 Å². The molecule has 1 fully saturated rings. The third-order valence-corrected chi connectivity index (χ3v) is 3.98. The Morgan fingerprint density at radius 1 is 1.05 bits per heavy atom. The minimum absolute atomic E-state index is 0.0328. The van der Waals surface area contributed by atoms with Crippen LogP contribution in [0.25, 0.3) is 0 Å². The SMILES string of the molecule is CCCCCN1C(=O)C(CC(C)C)NC(=O)C1CC(C)C. The highest BCUT2D eigenvalue weighted by atomic mass is 16.2. The number of rotatable bonds is 8. The van der Waals surface area contributed by atoms with Crippen molar-refractivity contribution in [2.45, 2.75) is 78.8 Å². The molecule has 1 heterocycles. The molecule has 122 valence electrons. The molecular formula is C17H32N2O2. The Morgan fingerprint density at radius 3 is 2.19 bits per heavy atom. The van der Waals surface area contributed by atoms with E-state index in [1.54, 1.807) is 0 Å². The molecule has 0 aliphatic carbocycles. The van der Waals surface area contributed by atoms with Gasteiger partial charge in [0.05, 0.1) is 0 Å². The molecular weight excluding hydrogens is 264 g/mol. The molecule has 1 N–H and O–H groups in total. The normalized spacial score (nSPS) is 23.1. The molecule has 0 aromatic heterocycles. The Balaban J connectivity index is 2.82. The van der Waals surface area contributed by atoms with Crippen LogP contribution in [0, 0.1) is 11.8 Å². The van der Waals surface area contributed by atoms with Crippen molar-refractivity contribution in [2.24, 2.45) is 11.8 Å². The van der Waals surface area contributed by atoms with Crippen molar-refractivity contribution >= 4 is 11.8 Å². The first kappa shape index (κ1) is 18.0. The highest BCUT2D eigenvalue weighted by Gasteiger charge is 2.40. The zero-order valence-corrected chi connectivity index (χ0v) is 14.3. The summed E-state index contributed by atoms with van der Waals surface area (Å²) in [7, 11) is 0. The third kappa shape index (κ3) is 5.33. The predicted molar refractivity (Wildman–Crippen MR) is 85.9 cm³/mol. The maximum Gasteiger partial charge on any atom is 0.245 e. The smallest absolute Gasteiger partial charge is 0.245 e. The van der Waals surface area contributed by atoms with Gasteiger partial charge in [-0.25, -0.2) is 0 Å². The highest BCUT2D eigenvalue weighted by Crippen LogP contribution is 2.21. The first-order valence-electron chi connectivity index (χ1n) is 8.47. The summed E-state index contributed by atoms with van der Waals surface area (Å²) in [6.07, 6.45) is 4.69. The van der Waals surface area contributed by atoms with Gasteiger partial charge in [-0.05, 0) is 31.1 Å². The van der Waals surface area contributed by atoms with Gasteiger partial charge >= 0.3 is 0 Å². The molecule has 2 unspecified atom stereocenters. The van der Waals surface area contributed by atoms with Gasteiger partial charge in [-0.1, -0.05) is 47.5 Å². The zero-order chi connectivity index (χ0) is 16.0. The van der Waals surface area contributed by atoms with Crippen molar-refractivity contribution in [2.75, 3.05) is 6.54 Å². The molecule has 0 aromatic carbocycles. The molecule has 1 aliphatic heterocycles. The second-order valence-corrected chi connectivity index (χ2v) is 7.07. The minimum Gasteiger partial charge on any atom is -0.342 e. The summed E-state index contributed by atoms with van der Waals surface area (Å²) >= 11 is 0. The predicted octanol–water partition coefficient (Wildman–Crippen LogP) is 2.96. The fourth-order valence-electron chi connectivity index (χ4n) is 2.94. The van der Waals surface area contributed by atoms with E-state index in [-0.39, 0.29) is 23.9 Å². The molecule has 4 heteroatoms. The van der Waals surface area contributed by atoms with Gasteiger partial charge in [-0.3, -0.25) is 9.59 Å². The van der Waals surface area contributed by atoms with Crippen molar-refractivity contribution in [1.82, 2.24) is 10.2 Å². The fraction of sp³-hybridized carbons (Fsp3) is 0.882. The van der Waals surface area contributed by atoms with Crippen molar-refractivity contribution in [3.63, 3.8) is 0 Å². The lowest BCUT2D eigenvalue weighted by molar-refractivity contribution is -0.150. The van der Waals surface area contributed by atoms with Crippen LogP contribution in [0.15, 0.2) is 0 Å². The molecule has 1 saturated heterocycles. The van der Waals surface area contributed by atoms with Crippen molar-refractivity contribution in [3.05, 3.63) is 0 Å². The second kappa shape index (κ2) is 8.40. The average Bonchev–Trinajstić information content (AvgIpc) is 2.38. The zero-order valence-electron chi connectivity index (χ0n) is 14.3. The van der Waals surface area contributed by atoms with E-state index < -0.39 is 0 Å². The van der Waals surface area contributed by atoms with Crippen LogP contribution in [0.5, 0.6) is 0 Å². The summed E-state index contributed by atoms with van der Waals surface area (Å²) in [4.78, 5) is 27.0. The third-order valence-electron chi connectivity index (χ3n) is 3.98. The topological polar surface area (TPSA) is 49.4 Å². The lowest BCUT2D eigenvalue weighted by Gasteiger charge is -2.40. The number of hydrogen-bond donors (Lipinski definition) is 1. The quantitative estimate of drug-likeness (QED) is 0.700. The van der Waals surface area contributed by atoms with Gasteiger partial charge in [0, 0.05) is 6.54 Å². The molecule has 4 nitrogen and oxygen atoms in total. The Kier molecular flexibility index (Phi) is 7.20. The number of nitrogens with zero attached hydrogens (tertiary/aromatic N) is 1. The van der Waals surface area contributed by atoms with Gasteiger partial charge in [0.1, 0.15) is 12.1 Å². The first-order valence-corrected chi connectivity index (χ1v) is 8.47. The maximum atomic E-state index is 12.7. The molecule has 1 aliphatic rings. The lowest BCUT2D eigenvalue weighted by Crippen LogP contribution is -2.63. The number of carbonyl (C=O) groups excluding carboxylic acids is 2. The minimum atomic E-state index is -0.331. The fourth-order valence-corrected chi connectivity index (χ4v) is 2.94. The number of unbranched alkanes of at least 4 members (excludes halogenated alkanes) is 2. The summed E-state index contributed by atoms with van der Waals surface area (Å²) in [6.45, 7) is 11.2. The molecule has 0 aromatic rings. The van der Waals surface area contributed by atoms with E-state index in [9.17, 15) is 9.59 Å². The maximum absolute atomic E-state index is 12.7. The largest absolute Gasteiger partial charge is 0.342 e.